The van der Waals surface area contributed by atoms with Gasteiger partial charge < -0.3 is 19.3 Å². The maximum Gasteiger partial charge on any atom is 0.181 e. The molecule has 2 heterocycles. The lowest BCUT2D eigenvalue weighted by Gasteiger charge is -2.44. The van der Waals surface area contributed by atoms with Crippen molar-refractivity contribution in [3.8, 4) is 5.75 Å². The van der Waals surface area contributed by atoms with Crippen LogP contribution in [0, 0.1) is 5.92 Å². The molecule has 3 unspecified atom stereocenters. The summed E-state index contributed by atoms with van der Waals surface area (Å²) in [5.74, 6) is 0.929. The minimum Gasteiger partial charge on any atom is -0.500 e. The third-order valence-electron chi connectivity index (χ3n) is 4.83. The molecule has 5 nitrogen and oxygen atoms in total. The van der Waals surface area contributed by atoms with Crippen molar-refractivity contribution < 1.29 is 24.1 Å². The summed E-state index contributed by atoms with van der Waals surface area (Å²) >= 11 is 0. The number of allylic oxidation sites excluding steroid dienone is 1. The molecule has 5 heteroatoms. The van der Waals surface area contributed by atoms with Crippen LogP contribution in [0.2, 0.25) is 0 Å². The second-order valence-electron chi connectivity index (χ2n) is 7.03. The topological polar surface area (TPSA) is 65.0 Å². The van der Waals surface area contributed by atoms with Crippen molar-refractivity contribution in [1.82, 2.24) is 0 Å². The first-order chi connectivity index (χ1) is 11.4. The van der Waals surface area contributed by atoms with Gasteiger partial charge in [-0.25, -0.2) is 0 Å². The third kappa shape index (κ3) is 2.15. The molecule has 1 N–H and O–H groups in total. The maximum atomic E-state index is 13.0. The van der Waals surface area contributed by atoms with Crippen LogP contribution in [0.1, 0.15) is 30.6 Å². The summed E-state index contributed by atoms with van der Waals surface area (Å²) in [4.78, 5) is 13.0. The number of para-hydroxylation sites is 1. The van der Waals surface area contributed by atoms with Gasteiger partial charge in [-0.1, -0.05) is 12.1 Å². The molecule has 0 saturated heterocycles. The number of benzene rings is 1. The van der Waals surface area contributed by atoms with Gasteiger partial charge in [0.05, 0.1) is 18.8 Å². The van der Waals surface area contributed by atoms with Crippen molar-refractivity contribution in [2.75, 3.05) is 7.11 Å². The number of carbonyl (C=O) groups is 1. The SMILES string of the molecule is COC1=CC2=C(C(O)CC(C)(C)O2)C2Oc3ccccc3C(=O)C12. The Labute approximate surface area is 140 Å². The van der Waals surface area contributed by atoms with Gasteiger partial charge in [-0.05, 0) is 26.0 Å². The van der Waals surface area contributed by atoms with Crippen molar-refractivity contribution >= 4 is 5.78 Å². The molecule has 3 atom stereocenters. The molecule has 1 aliphatic carbocycles. The van der Waals surface area contributed by atoms with Crippen molar-refractivity contribution in [1.29, 1.82) is 0 Å². The highest BCUT2D eigenvalue weighted by atomic mass is 16.5. The van der Waals surface area contributed by atoms with E-state index in [1.54, 1.807) is 18.2 Å². The molecule has 1 aromatic carbocycles. The van der Waals surface area contributed by atoms with E-state index in [1.165, 1.54) is 7.11 Å². The fourth-order valence-electron chi connectivity index (χ4n) is 3.79. The van der Waals surface area contributed by atoms with Crippen LogP contribution in [0.3, 0.4) is 0 Å². The van der Waals surface area contributed by atoms with E-state index in [0.717, 1.165) is 0 Å². The van der Waals surface area contributed by atoms with Gasteiger partial charge in [0.25, 0.3) is 0 Å². The molecule has 2 aliphatic heterocycles. The van der Waals surface area contributed by atoms with E-state index < -0.39 is 23.7 Å². The van der Waals surface area contributed by atoms with E-state index in [4.69, 9.17) is 14.2 Å². The fraction of sp³-hybridized carbons (Fsp3) is 0.421. The quantitative estimate of drug-likeness (QED) is 0.858. The molecule has 0 fully saturated rings. The molecule has 0 radical (unpaired) electrons. The van der Waals surface area contributed by atoms with Crippen molar-refractivity contribution in [2.24, 2.45) is 5.92 Å². The molecule has 0 bridgehead atoms. The second-order valence-corrected chi connectivity index (χ2v) is 7.03. The lowest BCUT2D eigenvalue weighted by molar-refractivity contribution is -0.0383. The zero-order chi connectivity index (χ0) is 17.1. The second kappa shape index (κ2) is 5.11. The van der Waals surface area contributed by atoms with Gasteiger partial charge in [-0.3, -0.25) is 4.79 Å². The highest BCUT2D eigenvalue weighted by Crippen LogP contribution is 2.46. The van der Waals surface area contributed by atoms with Gasteiger partial charge in [-0.2, -0.15) is 0 Å². The standard InChI is InChI=1S/C19H20O5/c1-19(2)9-11(20)15-14(24-19)8-13(22-3)16-17(21)10-6-4-5-7-12(10)23-18(15)16/h4-8,11,16,18,20H,9H2,1-3H3. The molecule has 1 aromatic rings. The first-order valence-electron chi connectivity index (χ1n) is 8.08. The van der Waals surface area contributed by atoms with Gasteiger partial charge in [0.1, 0.15) is 34.9 Å². The highest BCUT2D eigenvalue weighted by molar-refractivity contribution is 6.03. The molecule has 4 rings (SSSR count). The zero-order valence-corrected chi connectivity index (χ0v) is 13.9. The number of ketones is 1. The Bertz CT molecular complexity index is 774. The normalized spacial score (nSPS) is 30.2. The number of methoxy groups -OCH3 is 1. The highest BCUT2D eigenvalue weighted by Gasteiger charge is 2.50. The molecule has 126 valence electrons. The first kappa shape index (κ1) is 15.3. The lowest BCUT2D eigenvalue weighted by Crippen LogP contribution is -2.49. The van der Waals surface area contributed by atoms with E-state index in [1.807, 2.05) is 26.0 Å². The van der Waals surface area contributed by atoms with Gasteiger partial charge in [0.2, 0.25) is 0 Å². The summed E-state index contributed by atoms with van der Waals surface area (Å²) in [5, 5.41) is 10.7. The fourth-order valence-corrected chi connectivity index (χ4v) is 3.79. The summed E-state index contributed by atoms with van der Waals surface area (Å²) in [6.45, 7) is 3.85. The summed E-state index contributed by atoms with van der Waals surface area (Å²) in [6, 6.07) is 7.16. The molecule has 3 aliphatic rings. The Morgan fingerprint density at radius 3 is 2.79 bits per heavy atom. The Hall–Kier alpha value is -2.27. The molecule has 0 saturated carbocycles. The predicted molar refractivity (Wildman–Crippen MR) is 86.6 cm³/mol. The molecule has 0 spiro atoms. The van der Waals surface area contributed by atoms with Crippen LogP contribution in [-0.4, -0.2) is 35.8 Å². The van der Waals surface area contributed by atoms with Crippen molar-refractivity contribution in [2.45, 2.75) is 38.1 Å². The van der Waals surface area contributed by atoms with Crippen LogP contribution in [0.5, 0.6) is 5.75 Å². The van der Waals surface area contributed by atoms with E-state index in [0.29, 0.717) is 34.8 Å². The number of carbonyl (C=O) groups excluding carboxylic acids is 1. The number of Topliss-reactive ketones (excluding diaryl/α,β-unsaturated/α-hetero) is 1. The Morgan fingerprint density at radius 1 is 1.29 bits per heavy atom. The van der Waals surface area contributed by atoms with Crippen LogP contribution < -0.4 is 4.74 Å². The van der Waals surface area contributed by atoms with Crippen LogP contribution in [0.15, 0.2) is 47.4 Å². The Balaban J connectivity index is 1.86. The molecular formula is C19H20O5. The summed E-state index contributed by atoms with van der Waals surface area (Å²) in [6.07, 6.45) is 0.845. The third-order valence-corrected chi connectivity index (χ3v) is 4.83. The van der Waals surface area contributed by atoms with E-state index >= 15 is 0 Å². The number of hydrogen-bond donors (Lipinski definition) is 1. The number of hydrogen-bond acceptors (Lipinski definition) is 5. The van der Waals surface area contributed by atoms with Gasteiger partial charge in [0, 0.05) is 18.1 Å². The van der Waals surface area contributed by atoms with E-state index in [9.17, 15) is 9.90 Å². The molecule has 0 amide bonds. The predicted octanol–water partition coefficient (Wildman–Crippen LogP) is 2.60. The Kier molecular flexibility index (Phi) is 3.25. The average molecular weight is 328 g/mol. The van der Waals surface area contributed by atoms with E-state index in [2.05, 4.69) is 0 Å². The average Bonchev–Trinajstić information content (AvgIpc) is 2.52. The number of aliphatic hydroxyl groups excluding tert-OH is 1. The molecule has 0 aromatic heterocycles. The van der Waals surface area contributed by atoms with Gasteiger partial charge in [0.15, 0.2) is 5.78 Å². The first-order valence-corrected chi connectivity index (χ1v) is 8.08. The Morgan fingerprint density at radius 2 is 2.04 bits per heavy atom. The van der Waals surface area contributed by atoms with Crippen LogP contribution in [0.25, 0.3) is 0 Å². The number of aliphatic hydroxyl groups is 1. The van der Waals surface area contributed by atoms with Crippen molar-refractivity contribution in [3.63, 3.8) is 0 Å². The maximum absolute atomic E-state index is 13.0. The van der Waals surface area contributed by atoms with Crippen LogP contribution >= 0.6 is 0 Å². The number of fused-ring (bicyclic) bond motifs is 3. The van der Waals surface area contributed by atoms with E-state index in [-0.39, 0.29) is 5.78 Å². The molecule has 24 heavy (non-hydrogen) atoms. The summed E-state index contributed by atoms with van der Waals surface area (Å²) in [5.41, 5.74) is 0.678. The largest absolute Gasteiger partial charge is 0.500 e. The van der Waals surface area contributed by atoms with Gasteiger partial charge in [-0.15, -0.1) is 0 Å². The van der Waals surface area contributed by atoms with Crippen molar-refractivity contribution in [3.05, 3.63) is 53.0 Å². The number of rotatable bonds is 1. The summed E-state index contributed by atoms with van der Waals surface area (Å²) < 4.78 is 17.6. The van der Waals surface area contributed by atoms with Crippen LogP contribution in [-0.2, 0) is 9.47 Å². The minimum absolute atomic E-state index is 0.0569. The number of ether oxygens (including phenoxy) is 3. The minimum atomic E-state index is -0.719. The molecular weight excluding hydrogens is 308 g/mol. The smallest absolute Gasteiger partial charge is 0.181 e. The van der Waals surface area contributed by atoms with Crippen LogP contribution in [0.4, 0.5) is 0 Å². The lowest BCUT2D eigenvalue weighted by atomic mass is 9.76. The summed E-state index contributed by atoms with van der Waals surface area (Å²) in [7, 11) is 1.53. The van der Waals surface area contributed by atoms with Gasteiger partial charge >= 0.3 is 0 Å². The zero-order valence-electron chi connectivity index (χ0n) is 13.9. The monoisotopic (exact) mass is 328 g/mol.